The van der Waals surface area contributed by atoms with Crippen molar-refractivity contribution in [3.8, 4) is 0 Å². The second kappa shape index (κ2) is 8.62. The Labute approximate surface area is 130 Å². The number of aliphatic carboxylic acids is 1. The quantitative estimate of drug-likeness (QED) is 0.284. The number of carbonyl (C=O) groups is 1. The third-order valence-electron chi connectivity index (χ3n) is 1.62. The second-order valence-electron chi connectivity index (χ2n) is 2.71. The molecule has 0 atom stereocenters. The molecule has 0 radical (unpaired) electrons. The van der Waals surface area contributed by atoms with E-state index in [0.29, 0.717) is 5.00 Å². The van der Waals surface area contributed by atoms with Gasteiger partial charge in [-0.05, 0) is 23.9 Å². The SMILES string of the molecule is Cc1ccsc1/N=C/C(C(=O)O)=C(O)O.[W].[W]. The number of rotatable bonds is 3. The molecule has 1 aromatic rings. The molecule has 0 bridgehead atoms. The number of aliphatic hydroxyl groups excluding tert-OH is 1. The molecule has 1 rings (SSSR count). The number of carboxylic acids is 1. The van der Waals surface area contributed by atoms with Crippen molar-refractivity contribution in [3.63, 3.8) is 0 Å². The van der Waals surface area contributed by atoms with Crippen molar-refractivity contribution in [2.75, 3.05) is 0 Å². The molecule has 5 nitrogen and oxygen atoms in total. The number of aliphatic imine (C=N–C) groups is 1. The number of hydrogen-bond acceptors (Lipinski definition) is 5. The van der Waals surface area contributed by atoms with Crippen LogP contribution in [0.3, 0.4) is 0 Å². The van der Waals surface area contributed by atoms with E-state index in [2.05, 4.69) is 4.99 Å². The van der Waals surface area contributed by atoms with Gasteiger partial charge in [-0.2, -0.15) is 0 Å². The van der Waals surface area contributed by atoms with Crippen LogP contribution in [-0.4, -0.2) is 27.5 Å². The number of aliphatic hydroxyl groups is 2. The van der Waals surface area contributed by atoms with Gasteiger partial charge in [-0.1, -0.05) is 0 Å². The summed E-state index contributed by atoms with van der Waals surface area (Å²) in [5, 5.41) is 28.3. The monoisotopic (exact) mass is 595 g/mol. The summed E-state index contributed by atoms with van der Waals surface area (Å²) in [6.07, 6.45) is 0.913. The first-order chi connectivity index (χ1) is 7.02. The zero-order chi connectivity index (χ0) is 11.4. The molecule has 0 amide bonds. The number of hydrogen-bond donors (Lipinski definition) is 3. The van der Waals surface area contributed by atoms with Gasteiger partial charge < -0.3 is 15.3 Å². The van der Waals surface area contributed by atoms with Crippen molar-refractivity contribution in [3.05, 3.63) is 28.5 Å². The molecule has 0 saturated heterocycles. The third kappa shape index (κ3) is 5.62. The molecule has 0 saturated carbocycles. The maximum absolute atomic E-state index is 10.5. The van der Waals surface area contributed by atoms with E-state index in [1.165, 1.54) is 11.3 Å². The Morgan fingerprint density at radius 1 is 1.35 bits per heavy atom. The molecule has 3 N–H and O–H groups in total. The van der Waals surface area contributed by atoms with E-state index in [0.717, 1.165) is 11.8 Å². The van der Waals surface area contributed by atoms with Gasteiger partial charge in [-0.15, -0.1) is 11.3 Å². The zero-order valence-electron chi connectivity index (χ0n) is 8.65. The average molecular weight is 595 g/mol. The molecule has 17 heavy (non-hydrogen) atoms. The summed E-state index contributed by atoms with van der Waals surface area (Å²) in [6, 6.07) is 1.83. The van der Waals surface area contributed by atoms with Gasteiger partial charge in [0.1, 0.15) is 5.00 Å². The number of nitrogens with zero attached hydrogens (tertiary/aromatic N) is 1. The van der Waals surface area contributed by atoms with Crippen LogP contribution in [0, 0.1) is 6.92 Å². The minimum absolute atomic E-state index is 0. The smallest absolute Gasteiger partial charge is 0.344 e. The van der Waals surface area contributed by atoms with Crippen LogP contribution in [0.1, 0.15) is 5.56 Å². The topological polar surface area (TPSA) is 90.1 Å². The molecule has 8 heteroatoms. The van der Waals surface area contributed by atoms with Crippen LogP contribution < -0.4 is 0 Å². The fraction of sp³-hybridized carbons (Fsp3) is 0.111. The summed E-state index contributed by atoms with van der Waals surface area (Å²) in [4.78, 5) is 14.4. The summed E-state index contributed by atoms with van der Waals surface area (Å²) in [5.41, 5.74) is 0.265. The van der Waals surface area contributed by atoms with E-state index in [1.807, 2.05) is 18.4 Å². The first-order valence-electron chi connectivity index (χ1n) is 3.96. The number of aryl methyl sites for hydroxylation is 1. The Morgan fingerprint density at radius 3 is 2.29 bits per heavy atom. The van der Waals surface area contributed by atoms with Crippen LogP contribution in [0.5, 0.6) is 0 Å². The molecule has 0 aromatic carbocycles. The van der Waals surface area contributed by atoms with Gasteiger partial charge in [0.15, 0.2) is 5.57 Å². The van der Waals surface area contributed by atoms with Crippen LogP contribution in [0.4, 0.5) is 5.00 Å². The largest absolute Gasteiger partial charge is 0.480 e. The molecule has 0 unspecified atom stereocenters. The van der Waals surface area contributed by atoms with Gasteiger partial charge in [-0.3, -0.25) is 0 Å². The van der Waals surface area contributed by atoms with Crippen molar-refractivity contribution in [2.45, 2.75) is 6.92 Å². The van der Waals surface area contributed by atoms with E-state index in [4.69, 9.17) is 15.3 Å². The van der Waals surface area contributed by atoms with E-state index >= 15 is 0 Å². The molecule has 0 fully saturated rings. The Kier molecular flexibility index (Phi) is 9.59. The zero-order valence-corrected chi connectivity index (χ0v) is 15.3. The molecule has 92 valence electrons. The molecule has 0 spiro atoms. The maximum atomic E-state index is 10.5. The summed E-state index contributed by atoms with van der Waals surface area (Å²) >= 11 is 1.34. The van der Waals surface area contributed by atoms with E-state index in [1.54, 1.807) is 0 Å². The fourth-order valence-electron chi connectivity index (χ4n) is 0.829. The first-order valence-corrected chi connectivity index (χ1v) is 4.84. The fourth-order valence-corrected chi connectivity index (χ4v) is 1.60. The number of carboxylic acid groups (broad SMARTS) is 1. The van der Waals surface area contributed by atoms with Gasteiger partial charge in [0.05, 0.1) is 6.21 Å². The van der Waals surface area contributed by atoms with Crippen LogP contribution >= 0.6 is 11.3 Å². The minimum Gasteiger partial charge on any atom is -0.480 e. The van der Waals surface area contributed by atoms with Gasteiger partial charge in [0.2, 0.25) is 0 Å². The Hall–Kier alpha value is -0.443. The van der Waals surface area contributed by atoms with Gasteiger partial charge >= 0.3 is 5.97 Å². The van der Waals surface area contributed by atoms with Crippen molar-refractivity contribution in [1.29, 1.82) is 0 Å². The van der Waals surface area contributed by atoms with E-state index in [9.17, 15) is 4.79 Å². The molecular formula is C9H9NO4SW2. The van der Waals surface area contributed by atoms with Crippen LogP contribution in [0.2, 0.25) is 0 Å². The maximum Gasteiger partial charge on any atom is 0.344 e. The van der Waals surface area contributed by atoms with E-state index < -0.39 is 17.5 Å². The molecule has 0 aliphatic rings. The first kappa shape index (κ1) is 18.9. The Balaban J connectivity index is 0. The predicted octanol–water partition coefficient (Wildman–Crippen LogP) is 2.17. The molecule has 0 aliphatic heterocycles. The third-order valence-corrected chi connectivity index (χ3v) is 2.54. The number of thiophene rings is 1. The van der Waals surface area contributed by atoms with Crippen LogP contribution in [0.15, 0.2) is 28.0 Å². The molecule has 1 aromatic heterocycles. The molecule has 1 heterocycles. The normalized spacial score (nSPS) is 9.24. The van der Waals surface area contributed by atoms with Crippen LogP contribution in [-0.2, 0) is 46.9 Å². The van der Waals surface area contributed by atoms with Gasteiger partial charge in [0.25, 0.3) is 5.95 Å². The second-order valence-corrected chi connectivity index (χ2v) is 3.60. The minimum atomic E-state index is -1.44. The van der Waals surface area contributed by atoms with Crippen molar-refractivity contribution in [2.24, 2.45) is 4.99 Å². The average Bonchev–Trinajstić information content (AvgIpc) is 2.51. The summed E-state index contributed by atoms with van der Waals surface area (Å²) in [5.74, 6) is -2.69. The predicted molar refractivity (Wildman–Crippen MR) is 57.1 cm³/mol. The summed E-state index contributed by atoms with van der Waals surface area (Å²) in [7, 11) is 0. The summed E-state index contributed by atoms with van der Waals surface area (Å²) < 4.78 is 0. The molecular weight excluding hydrogens is 586 g/mol. The van der Waals surface area contributed by atoms with Crippen molar-refractivity contribution in [1.82, 2.24) is 0 Å². The Morgan fingerprint density at radius 2 is 1.94 bits per heavy atom. The van der Waals surface area contributed by atoms with Gasteiger partial charge in [0, 0.05) is 42.1 Å². The van der Waals surface area contributed by atoms with Crippen LogP contribution in [0.25, 0.3) is 0 Å². The Bertz CT molecular complexity index is 438. The standard InChI is InChI=1S/C9H9NO4S.2W/c1-5-2-3-15-7(5)10-4-6(8(11)12)9(13)14;;/h2-4,11-12H,1H3,(H,13,14);;/b10-4+;;. The van der Waals surface area contributed by atoms with Crippen molar-refractivity contribution < 1.29 is 62.2 Å². The van der Waals surface area contributed by atoms with E-state index in [-0.39, 0.29) is 42.1 Å². The summed E-state index contributed by atoms with van der Waals surface area (Å²) in [6.45, 7) is 1.83. The molecule has 0 aliphatic carbocycles. The van der Waals surface area contributed by atoms with Gasteiger partial charge in [-0.25, -0.2) is 9.79 Å². The van der Waals surface area contributed by atoms with Crippen molar-refractivity contribution >= 4 is 28.5 Å².